The Labute approximate surface area is 144 Å². The molecule has 2 aromatic rings. The maximum Gasteiger partial charge on any atom is -0.00707 e. The Kier molecular flexibility index (Phi) is 2.84. The fourth-order valence-corrected chi connectivity index (χ4v) is 6.37. The first-order chi connectivity index (χ1) is 11.9. The van der Waals surface area contributed by atoms with Gasteiger partial charge in [-0.2, -0.15) is 0 Å². The van der Waals surface area contributed by atoms with Gasteiger partial charge in [-0.1, -0.05) is 48.3 Å². The summed E-state index contributed by atoms with van der Waals surface area (Å²) in [7, 11) is 0. The maximum absolute atomic E-state index is 2.52. The molecule has 0 N–H and O–H groups in total. The van der Waals surface area contributed by atoms with Crippen LogP contribution in [0.3, 0.4) is 0 Å². The second-order valence-corrected chi connectivity index (χ2v) is 8.64. The lowest BCUT2D eigenvalue weighted by Crippen LogP contribution is -2.31. The van der Waals surface area contributed by atoms with Gasteiger partial charge in [-0.3, -0.25) is 0 Å². The number of hydrogen-bond donors (Lipinski definition) is 0. The van der Waals surface area contributed by atoms with Crippen LogP contribution in [0.4, 0.5) is 0 Å². The third kappa shape index (κ3) is 1.75. The molecule has 0 heterocycles. The van der Waals surface area contributed by atoms with Crippen LogP contribution in [0.2, 0.25) is 0 Å². The third-order valence-electron chi connectivity index (χ3n) is 7.44. The molecule has 0 aliphatic heterocycles. The van der Waals surface area contributed by atoms with Crippen LogP contribution in [0.5, 0.6) is 0 Å². The van der Waals surface area contributed by atoms with Crippen molar-refractivity contribution < 1.29 is 0 Å². The zero-order valence-electron chi connectivity index (χ0n) is 14.5. The number of rotatable bonds is 0. The standard InChI is InChI=1S/C24H26/c1-3-7-19-15(5-1)13-17-9-10-18-14-16-6-2-4-8-20(16)22-12-11-21(19)23(17)24(18)22/h9-12,15-16H,1-8,13-14H2. The van der Waals surface area contributed by atoms with E-state index in [0.29, 0.717) is 0 Å². The summed E-state index contributed by atoms with van der Waals surface area (Å²) in [4.78, 5) is 0. The molecule has 0 aromatic heterocycles. The molecule has 0 radical (unpaired) electrons. The molecule has 0 spiro atoms. The highest BCUT2D eigenvalue weighted by Gasteiger charge is 2.29. The molecular formula is C24H26. The molecule has 24 heavy (non-hydrogen) atoms. The largest absolute Gasteiger partial charge is 0.0589 e. The third-order valence-corrected chi connectivity index (χ3v) is 7.44. The predicted molar refractivity (Wildman–Crippen MR) is 101 cm³/mol. The lowest BCUT2D eigenvalue weighted by Gasteiger charge is -2.34. The van der Waals surface area contributed by atoms with Gasteiger partial charge in [0.15, 0.2) is 0 Å². The van der Waals surface area contributed by atoms with Crippen molar-refractivity contribution in [2.24, 2.45) is 11.8 Å². The quantitative estimate of drug-likeness (QED) is 0.665. The molecule has 4 aliphatic carbocycles. The minimum absolute atomic E-state index is 0.837. The summed E-state index contributed by atoms with van der Waals surface area (Å²) in [6, 6.07) is 10.0. The van der Waals surface area contributed by atoms with E-state index in [0.717, 1.165) is 11.8 Å². The Bertz CT molecular complexity index is 895. The van der Waals surface area contributed by atoms with Crippen molar-refractivity contribution >= 4 is 21.9 Å². The molecule has 0 heteroatoms. The summed E-state index contributed by atoms with van der Waals surface area (Å²) in [6.07, 6.45) is 13.8. The van der Waals surface area contributed by atoms with E-state index in [1.807, 2.05) is 0 Å². The maximum atomic E-state index is 2.52. The summed E-state index contributed by atoms with van der Waals surface area (Å²) >= 11 is 0. The number of fused-ring (bicyclic) bond motifs is 2. The minimum atomic E-state index is 0.837. The highest BCUT2D eigenvalue weighted by molar-refractivity contribution is 5.94. The van der Waals surface area contributed by atoms with Crippen molar-refractivity contribution in [3.8, 4) is 0 Å². The van der Waals surface area contributed by atoms with Crippen LogP contribution in [-0.4, -0.2) is 0 Å². The Balaban J connectivity index is 1.78. The van der Waals surface area contributed by atoms with Crippen LogP contribution in [-0.2, 0) is 12.8 Å². The van der Waals surface area contributed by atoms with Gasteiger partial charge in [0.2, 0.25) is 0 Å². The summed E-state index contributed by atoms with van der Waals surface area (Å²) in [5, 5.41) is 6.59. The van der Waals surface area contributed by atoms with Crippen molar-refractivity contribution in [2.45, 2.75) is 64.2 Å². The highest BCUT2D eigenvalue weighted by Crippen LogP contribution is 2.40. The van der Waals surface area contributed by atoms with Crippen LogP contribution in [0.15, 0.2) is 24.3 Å². The van der Waals surface area contributed by atoms with E-state index in [1.165, 1.54) is 64.2 Å². The van der Waals surface area contributed by atoms with Crippen LogP contribution in [0, 0.1) is 11.8 Å². The Morgan fingerprint density at radius 2 is 1.08 bits per heavy atom. The SMILES string of the molecule is c1cc2c3c(ccc4c3c1CC1CCCCC=41)=C1CCCCC1C2. The van der Waals surface area contributed by atoms with E-state index >= 15 is 0 Å². The van der Waals surface area contributed by atoms with Crippen molar-refractivity contribution in [2.75, 3.05) is 0 Å². The van der Waals surface area contributed by atoms with E-state index in [-0.39, 0.29) is 0 Å². The van der Waals surface area contributed by atoms with Gasteiger partial charge >= 0.3 is 0 Å². The Hall–Kier alpha value is -1.56. The lowest BCUT2D eigenvalue weighted by atomic mass is 9.71. The second kappa shape index (κ2) is 4.97. The van der Waals surface area contributed by atoms with Crippen LogP contribution in [0.25, 0.3) is 21.9 Å². The van der Waals surface area contributed by atoms with Crippen molar-refractivity contribution in [1.29, 1.82) is 0 Å². The second-order valence-electron chi connectivity index (χ2n) is 8.64. The minimum Gasteiger partial charge on any atom is -0.0589 e. The van der Waals surface area contributed by atoms with E-state index in [2.05, 4.69) is 24.3 Å². The first-order valence-electron chi connectivity index (χ1n) is 10.2. The molecule has 2 atom stereocenters. The first kappa shape index (κ1) is 13.7. The van der Waals surface area contributed by atoms with Crippen molar-refractivity contribution in [3.05, 3.63) is 45.8 Å². The smallest absolute Gasteiger partial charge is 0.00707 e. The van der Waals surface area contributed by atoms with Gasteiger partial charge in [0.1, 0.15) is 0 Å². The summed E-state index contributed by atoms with van der Waals surface area (Å²) in [6.45, 7) is 0. The van der Waals surface area contributed by atoms with Gasteiger partial charge in [0, 0.05) is 0 Å². The zero-order valence-corrected chi connectivity index (χ0v) is 14.5. The molecule has 0 amide bonds. The molecule has 2 unspecified atom stereocenters. The molecule has 2 fully saturated rings. The van der Waals surface area contributed by atoms with E-state index in [1.54, 1.807) is 43.5 Å². The van der Waals surface area contributed by atoms with Crippen LogP contribution >= 0.6 is 0 Å². The first-order valence-corrected chi connectivity index (χ1v) is 10.2. The van der Waals surface area contributed by atoms with Gasteiger partial charge in [-0.25, -0.2) is 0 Å². The summed E-state index contributed by atoms with van der Waals surface area (Å²) in [5.74, 6) is 1.67. The predicted octanol–water partition coefficient (Wildman–Crippen LogP) is 4.63. The summed E-state index contributed by atoms with van der Waals surface area (Å²) in [5.41, 5.74) is 6.90. The molecule has 0 nitrogen and oxygen atoms in total. The Morgan fingerprint density at radius 1 is 0.583 bits per heavy atom. The molecule has 2 saturated carbocycles. The monoisotopic (exact) mass is 314 g/mol. The van der Waals surface area contributed by atoms with Crippen LogP contribution < -0.4 is 10.4 Å². The molecule has 122 valence electrons. The van der Waals surface area contributed by atoms with Crippen molar-refractivity contribution in [3.63, 3.8) is 0 Å². The molecule has 2 aromatic carbocycles. The molecular weight excluding hydrogens is 288 g/mol. The van der Waals surface area contributed by atoms with Gasteiger partial charge in [-0.05, 0) is 95.5 Å². The number of benzene rings is 2. The fraction of sp³-hybridized carbons (Fsp3) is 0.500. The molecule has 4 aliphatic rings. The van der Waals surface area contributed by atoms with E-state index in [9.17, 15) is 0 Å². The van der Waals surface area contributed by atoms with Gasteiger partial charge in [-0.15, -0.1) is 0 Å². The van der Waals surface area contributed by atoms with E-state index in [4.69, 9.17) is 0 Å². The highest BCUT2D eigenvalue weighted by atomic mass is 14.3. The van der Waals surface area contributed by atoms with Crippen molar-refractivity contribution in [1.82, 2.24) is 0 Å². The average molecular weight is 314 g/mol. The van der Waals surface area contributed by atoms with Crippen LogP contribution in [0.1, 0.15) is 62.5 Å². The Morgan fingerprint density at radius 3 is 1.58 bits per heavy atom. The zero-order chi connectivity index (χ0) is 15.7. The normalized spacial score (nSPS) is 27.8. The number of hydrogen-bond acceptors (Lipinski definition) is 0. The lowest BCUT2D eigenvalue weighted by molar-refractivity contribution is 0.493. The fourth-order valence-electron chi connectivity index (χ4n) is 6.37. The average Bonchev–Trinajstić information content (AvgIpc) is 2.65. The molecule has 6 rings (SSSR count). The van der Waals surface area contributed by atoms with Gasteiger partial charge in [0.25, 0.3) is 0 Å². The topological polar surface area (TPSA) is 0 Å². The molecule has 0 saturated heterocycles. The van der Waals surface area contributed by atoms with E-state index < -0.39 is 0 Å². The molecule has 0 bridgehead atoms. The summed E-state index contributed by atoms with van der Waals surface area (Å²) < 4.78 is 0. The van der Waals surface area contributed by atoms with Gasteiger partial charge in [0.05, 0.1) is 0 Å². The van der Waals surface area contributed by atoms with Gasteiger partial charge < -0.3 is 0 Å².